The number of carbonyl (C=O) groups excluding carboxylic acids is 1. The number of halogens is 1. The van der Waals surface area contributed by atoms with Gasteiger partial charge >= 0.3 is 0 Å². The topological polar surface area (TPSA) is 60.7 Å². The fourth-order valence-electron chi connectivity index (χ4n) is 2.02. The molecule has 3 aromatic heterocycles. The second-order valence-corrected chi connectivity index (χ2v) is 6.27. The van der Waals surface area contributed by atoms with Crippen LogP contribution >= 0.6 is 22.9 Å². The number of nitrogens with zero attached hydrogens (tertiary/aromatic N) is 4. The summed E-state index contributed by atoms with van der Waals surface area (Å²) in [5.41, 5.74) is 2.77. The Labute approximate surface area is 130 Å². The first-order valence-corrected chi connectivity index (χ1v) is 7.39. The number of thiophene rings is 1. The predicted molar refractivity (Wildman–Crippen MR) is 82.3 cm³/mol. The lowest BCUT2D eigenvalue weighted by Gasteiger charge is -2.02. The summed E-state index contributed by atoms with van der Waals surface area (Å²) in [6.07, 6.45) is 2.40. The van der Waals surface area contributed by atoms with Crippen LogP contribution in [0.2, 0.25) is 4.34 Å². The molecule has 0 saturated heterocycles. The van der Waals surface area contributed by atoms with Crippen molar-refractivity contribution in [1.82, 2.24) is 19.7 Å². The minimum absolute atomic E-state index is 0.449. The van der Waals surface area contributed by atoms with E-state index in [4.69, 9.17) is 11.6 Å². The van der Waals surface area contributed by atoms with Crippen LogP contribution in [0.15, 0.2) is 24.4 Å². The molecule has 7 heteroatoms. The number of aromatic nitrogens is 4. The lowest BCUT2D eigenvalue weighted by Crippen LogP contribution is -2.04. The van der Waals surface area contributed by atoms with Crippen LogP contribution in [-0.2, 0) is 0 Å². The van der Waals surface area contributed by atoms with E-state index < -0.39 is 0 Å². The second kappa shape index (κ2) is 5.38. The molecule has 0 aliphatic rings. The molecule has 3 rings (SSSR count). The molecular weight excluding hydrogens is 308 g/mol. The van der Waals surface area contributed by atoms with Gasteiger partial charge in [0.25, 0.3) is 5.95 Å². The molecule has 3 heterocycles. The van der Waals surface area contributed by atoms with Crippen LogP contribution in [-0.4, -0.2) is 26.0 Å². The Kier molecular flexibility index (Phi) is 3.57. The molecule has 21 heavy (non-hydrogen) atoms. The van der Waals surface area contributed by atoms with Gasteiger partial charge in [-0.3, -0.25) is 4.79 Å². The van der Waals surface area contributed by atoms with Crippen LogP contribution in [0.1, 0.15) is 21.7 Å². The normalized spacial score (nSPS) is 10.8. The Bertz CT molecular complexity index is 804. The van der Waals surface area contributed by atoms with E-state index in [-0.39, 0.29) is 0 Å². The van der Waals surface area contributed by atoms with Crippen molar-refractivity contribution in [3.05, 3.63) is 45.7 Å². The van der Waals surface area contributed by atoms with E-state index in [2.05, 4.69) is 15.1 Å². The van der Waals surface area contributed by atoms with Gasteiger partial charge in [-0.2, -0.15) is 5.10 Å². The van der Waals surface area contributed by atoms with Crippen LogP contribution < -0.4 is 0 Å². The lowest BCUT2D eigenvalue weighted by molar-refractivity contribution is 0.112. The Morgan fingerprint density at radius 3 is 2.52 bits per heavy atom. The number of aldehydes is 1. The average Bonchev–Trinajstić information content (AvgIpc) is 3.03. The zero-order chi connectivity index (χ0) is 15.0. The second-order valence-electron chi connectivity index (χ2n) is 4.55. The largest absolute Gasteiger partial charge is 0.298 e. The Balaban J connectivity index is 2.13. The van der Waals surface area contributed by atoms with Gasteiger partial charge < -0.3 is 0 Å². The molecule has 106 valence electrons. The van der Waals surface area contributed by atoms with E-state index in [9.17, 15) is 4.79 Å². The van der Waals surface area contributed by atoms with Crippen molar-refractivity contribution in [3.63, 3.8) is 0 Å². The first-order valence-electron chi connectivity index (χ1n) is 6.20. The summed E-state index contributed by atoms with van der Waals surface area (Å²) in [5, 5.41) is 4.43. The molecule has 0 amide bonds. The van der Waals surface area contributed by atoms with E-state index in [1.54, 1.807) is 12.3 Å². The molecule has 0 spiro atoms. The smallest absolute Gasteiger partial charge is 0.250 e. The lowest BCUT2D eigenvalue weighted by atomic mass is 10.2. The molecule has 5 nitrogen and oxygen atoms in total. The minimum atomic E-state index is 0.449. The standard InChI is InChI=1S/C14H11ClN4OS/c1-8-5-9(2)17-14(16-8)19-6-10(7-20)13(18-19)11-3-4-12(15)21-11/h3-7H,1-2H3. The van der Waals surface area contributed by atoms with Crippen molar-refractivity contribution in [3.8, 4) is 16.5 Å². The fraction of sp³-hybridized carbons (Fsp3) is 0.143. The van der Waals surface area contributed by atoms with Crippen molar-refractivity contribution in [2.24, 2.45) is 0 Å². The van der Waals surface area contributed by atoms with Crippen molar-refractivity contribution >= 4 is 29.2 Å². The first-order chi connectivity index (χ1) is 10.1. The number of hydrogen-bond acceptors (Lipinski definition) is 5. The highest BCUT2D eigenvalue weighted by atomic mass is 35.5. The van der Waals surface area contributed by atoms with E-state index >= 15 is 0 Å². The van der Waals surface area contributed by atoms with Crippen LogP contribution in [0, 0.1) is 13.8 Å². The summed E-state index contributed by atoms with van der Waals surface area (Å²) in [6.45, 7) is 3.78. The molecule has 0 fully saturated rings. The van der Waals surface area contributed by atoms with Crippen LogP contribution in [0.5, 0.6) is 0 Å². The maximum Gasteiger partial charge on any atom is 0.250 e. The summed E-state index contributed by atoms with van der Waals surface area (Å²) in [4.78, 5) is 20.8. The molecule has 0 bridgehead atoms. The van der Waals surface area contributed by atoms with E-state index in [1.165, 1.54) is 16.0 Å². The Hall–Kier alpha value is -2.05. The third kappa shape index (κ3) is 2.72. The summed E-state index contributed by atoms with van der Waals surface area (Å²) in [6, 6.07) is 5.51. The maximum atomic E-state index is 11.3. The van der Waals surface area contributed by atoms with Gasteiger partial charge in [0.05, 0.1) is 14.8 Å². The van der Waals surface area contributed by atoms with E-state index in [0.717, 1.165) is 22.6 Å². The number of rotatable bonds is 3. The van der Waals surface area contributed by atoms with Crippen molar-refractivity contribution < 1.29 is 4.79 Å². The summed E-state index contributed by atoms with van der Waals surface area (Å²) < 4.78 is 2.17. The molecule has 0 atom stereocenters. The van der Waals surface area contributed by atoms with Crippen molar-refractivity contribution in [1.29, 1.82) is 0 Å². The summed E-state index contributed by atoms with van der Waals surface area (Å²) >= 11 is 7.32. The van der Waals surface area contributed by atoms with Gasteiger partial charge in [0.1, 0.15) is 5.69 Å². The van der Waals surface area contributed by atoms with Crippen LogP contribution in [0.3, 0.4) is 0 Å². The van der Waals surface area contributed by atoms with Gasteiger partial charge in [0.15, 0.2) is 6.29 Å². The molecule has 3 aromatic rings. The van der Waals surface area contributed by atoms with E-state index in [0.29, 0.717) is 21.5 Å². The molecule has 0 radical (unpaired) electrons. The molecule has 0 aliphatic heterocycles. The molecule has 0 aliphatic carbocycles. The monoisotopic (exact) mass is 318 g/mol. The fourth-order valence-corrected chi connectivity index (χ4v) is 3.07. The van der Waals surface area contributed by atoms with Gasteiger partial charge in [-0.15, -0.1) is 11.3 Å². The zero-order valence-corrected chi connectivity index (χ0v) is 12.9. The Morgan fingerprint density at radius 2 is 1.95 bits per heavy atom. The average molecular weight is 319 g/mol. The molecule has 0 saturated carbocycles. The van der Waals surface area contributed by atoms with E-state index in [1.807, 2.05) is 26.0 Å². The third-order valence-corrected chi connectivity index (χ3v) is 4.09. The number of hydrogen-bond donors (Lipinski definition) is 0. The maximum absolute atomic E-state index is 11.3. The predicted octanol–water partition coefficient (Wildman–Crippen LogP) is 3.47. The molecule has 0 N–H and O–H groups in total. The summed E-state index contributed by atoms with van der Waals surface area (Å²) in [7, 11) is 0. The van der Waals surface area contributed by atoms with Gasteiger partial charge in [-0.25, -0.2) is 14.6 Å². The number of aryl methyl sites for hydroxylation is 2. The van der Waals surface area contributed by atoms with Gasteiger partial charge in [0.2, 0.25) is 0 Å². The highest BCUT2D eigenvalue weighted by molar-refractivity contribution is 7.19. The molecule has 0 aromatic carbocycles. The quantitative estimate of drug-likeness (QED) is 0.694. The highest BCUT2D eigenvalue weighted by Crippen LogP contribution is 2.31. The summed E-state index contributed by atoms with van der Waals surface area (Å²) in [5.74, 6) is 0.449. The van der Waals surface area contributed by atoms with Gasteiger partial charge in [-0.05, 0) is 32.0 Å². The van der Waals surface area contributed by atoms with Crippen LogP contribution in [0.4, 0.5) is 0 Å². The SMILES string of the molecule is Cc1cc(C)nc(-n2cc(C=O)c(-c3ccc(Cl)s3)n2)n1. The third-order valence-electron chi connectivity index (χ3n) is 2.85. The van der Waals surface area contributed by atoms with Gasteiger partial charge in [0, 0.05) is 17.6 Å². The molecular formula is C14H11ClN4OS. The van der Waals surface area contributed by atoms with Gasteiger partial charge in [-0.1, -0.05) is 11.6 Å². The number of carbonyl (C=O) groups is 1. The van der Waals surface area contributed by atoms with Crippen LogP contribution in [0.25, 0.3) is 16.5 Å². The minimum Gasteiger partial charge on any atom is -0.298 e. The highest BCUT2D eigenvalue weighted by Gasteiger charge is 2.15. The van der Waals surface area contributed by atoms with Crippen molar-refractivity contribution in [2.45, 2.75) is 13.8 Å². The zero-order valence-electron chi connectivity index (χ0n) is 11.4. The first kappa shape index (κ1) is 13.9. The van der Waals surface area contributed by atoms with Crippen molar-refractivity contribution in [2.75, 3.05) is 0 Å². The Morgan fingerprint density at radius 1 is 1.24 bits per heavy atom. The molecule has 0 unspecified atom stereocenters.